The molecule has 22 heavy (non-hydrogen) atoms. The highest BCUT2D eigenvalue weighted by Gasteiger charge is 2.42. The molecule has 0 spiro atoms. The van der Waals surface area contributed by atoms with Crippen LogP contribution >= 0.6 is 11.8 Å². The quantitative estimate of drug-likeness (QED) is 0.840. The van der Waals surface area contributed by atoms with Gasteiger partial charge in [0.15, 0.2) is 0 Å². The minimum absolute atomic E-state index is 0.0267. The summed E-state index contributed by atoms with van der Waals surface area (Å²) in [6.07, 6.45) is 1.56. The van der Waals surface area contributed by atoms with Crippen molar-refractivity contribution < 1.29 is 19.5 Å². The number of nitrogens with zero attached hydrogens (tertiary/aromatic N) is 2. The predicted octanol–water partition coefficient (Wildman–Crippen LogP) is 1.26. The smallest absolute Gasteiger partial charge is 0.306 e. The van der Waals surface area contributed by atoms with Gasteiger partial charge in [0, 0.05) is 24.8 Å². The van der Waals surface area contributed by atoms with Crippen molar-refractivity contribution in [2.75, 3.05) is 18.7 Å². The average molecular weight is 328 g/mol. The maximum atomic E-state index is 12.7. The lowest BCUT2D eigenvalue weighted by Crippen LogP contribution is -2.50. The van der Waals surface area contributed by atoms with Gasteiger partial charge in [0.05, 0.1) is 11.8 Å². The number of aliphatic carboxylic acids is 1. The number of thioether (sulfide) groups is 1. The molecule has 0 radical (unpaired) electrons. The Labute approximate surface area is 135 Å². The minimum Gasteiger partial charge on any atom is -0.481 e. The number of amides is 2. The van der Waals surface area contributed by atoms with Crippen molar-refractivity contribution >= 4 is 29.5 Å². The van der Waals surface area contributed by atoms with E-state index in [0.717, 1.165) is 0 Å². The minimum atomic E-state index is -0.821. The van der Waals surface area contributed by atoms with Crippen molar-refractivity contribution in [3.63, 3.8) is 0 Å². The van der Waals surface area contributed by atoms with Gasteiger partial charge < -0.3 is 14.9 Å². The van der Waals surface area contributed by atoms with Crippen molar-refractivity contribution in [1.82, 2.24) is 9.80 Å². The summed E-state index contributed by atoms with van der Waals surface area (Å²) in [7, 11) is 1.76. The Morgan fingerprint density at radius 2 is 1.86 bits per heavy atom. The second-order valence-electron chi connectivity index (χ2n) is 6.41. The normalized spacial score (nSPS) is 28.2. The van der Waals surface area contributed by atoms with Crippen LogP contribution in [0.25, 0.3) is 0 Å². The molecule has 0 aromatic heterocycles. The standard InChI is InChI=1S/C15H24N2O4S/c1-9(2)16(3)14(19)12-7-22-8-17(12)13(18)10-4-5-11(6-10)15(20)21/h9-12H,4-8H2,1-3H3,(H,20,21)/t10-,11+,12?/m1/s1. The monoisotopic (exact) mass is 328 g/mol. The summed E-state index contributed by atoms with van der Waals surface area (Å²) in [5.74, 6) is -0.425. The first-order chi connectivity index (χ1) is 10.3. The zero-order valence-corrected chi connectivity index (χ0v) is 14.1. The van der Waals surface area contributed by atoms with Gasteiger partial charge in [-0.15, -0.1) is 11.8 Å². The molecular formula is C15H24N2O4S. The molecule has 1 unspecified atom stereocenters. The molecule has 1 aliphatic carbocycles. The SMILES string of the molecule is CC(C)N(C)C(=O)C1CSCN1C(=O)[C@@H]1CC[C@H](C(=O)O)C1. The number of likely N-dealkylation sites (N-methyl/N-ethyl adjacent to an activating group) is 1. The lowest BCUT2D eigenvalue weighted by molar-refractivity contribution is -0.146. The van der Waals surface area contributed by atoms with Crippen LogP contribution in [0.3, 0.4) is 0 Å². The van der Waals surface area contributed by atoms with Crippen molar-refractivity contribution in [2.24, 2.45) is 11.8 Å². The Morgan fingerprint density at radius 3 is 2.41 bits per heavy atom. The molecule has 0 bridgehead atoms. The van der Waals surface area contributed by atoms with Crippen LogP contribution in [0.2, 0.25) is 0 Å². The molecule has 124 valence electrons. The summed E-state index contributed by atoms with van der Waals surface area (Å²) in [4.78, 5) is 39.5. The fourth-order valence-corrected chi connectivity index (χ4v) is 4.17. The first-order valence-corrected chi connectivity index (χ1v) is 8.86. The van der Waals surface area contributed by atoms with E-state index in [4.69, 9.17) is 5.11 Å². The lowest BCUT2D eigenvalue weighted by atomic mass is 10.0. The van der Waals surface area contributed by atoms with E-state index in [1.807, 2.05) is 13.8 Å². The second kappa shape index (κ2) is 6.89. The summed E-state index contributed by atoms with van der Waals surface area (Å²) < 4.78 is 0. The molecule has 3 atom stereocenters. The van der Waals surface area contributed by atoms with Crippen molar-refractivity contribution in [3.8, 4) is 0 Å². The molecule has 1 aliphatic heterocycles. The largest absolute Gasteiger partial charge is 0.481 e. The number of carbonyl (C=O) groups excluding carboxylic acids is 2. The van der Waals surface area contributed by atoms with Gasteiger partial charge in [-0.05, 0) is 33.1 Å². The van der Waals surface area contributed by atoms with Gasteiger partial charge in [0.2, 0.25) is 11.8 Å². The van der Waals surface area contributed by atoms with Gasteiger partial charge in [-0.25, -0.2) is 0 Å². The van der Waals surface area contributed by atoms with Gasteiger partial charge >= 0.3 is 5.97 Å². The molecule has 7 heteroatoms. The molecule has 0 aromatic rings. The molecule has 1 saturated carbocycles. The van der Waals surface area contributed by atoms with Crippen LogP contribution in [0.15, 0.2) is 0 Å². The number of carbonyl (C=O) groups is 3. The lowest BCUT2D eigenvalue weighted by Gasteiger charge is -2.30. The van der Waals surface area contributed by atoms with Crippen LogP contribution in [0.5, 0.6) is 0 Å². The summed E-state index contributed by atoms with van der Waals surface area (Å²) in [6, 6.07) is -0.313. The number of hydrogen-bond donors (Lipinski definition) is 1. The van der Waals surface area contributed by atoms with Crippen LogP contribution in [0.1, 0.15) is 33.1 Å². The van der Waals surface area contributed by atoms with Gasteiger partial charge in [-0.1, -0.05) is 0 Å². The summed E-state index contributed by atoms with van der Waals surface area (Å²) in [5.41, 5.74) is 0. The van der Waals surface area contributed by atoms with E-state index in [1.165, 1.54) is 0 Å². The number of hydrogen-bond acceptors (Lipinski definition) is 4. The molecule has 0 aromatic carbocycles. The highest BCUT2D eigenvalue weighted by atomic mass is 32.2. The highest BCUT2D eigenvalue weighted by molar-refractivity contribution is 7.99. The zero-order chi connectivity index (χ0) is 16.4. The van der Waals surface area contributed by atoms with Crippen LogP contribution in [0, 0.1) is 11.8 Å². The summed E-state index contributed by atoms with van der Waals surface area (Å²) >= 11 is 1.58. The van der Waals surface area contributed by atoms with Crippen LogP contribution in [0.4, 0.5) is 0 Å². The first-order valence-electron chi connectivity index (χ1n) is 7.70. The van der Waals surface area contributed by atoms with E-state index >= 15 is 0 Å². The summed E-state index contributed by atoms with van der Waals surface area (Å²) in [5, 5.41) is 9.06. The Bertz CT molecular complexity index is 468. The van der Waals surface area contributed by atoms with Gasteiger partial charge in [-0.3, -0.25) is 14.4 Å². The van der Waals surface area contributed by atoms with Crippen LogP contribution in [-0.4, -0.2) is 63.5 Å². The first kappa shape index (κ1) is 17.1. The number of rotatable bonds is 4. The van der Waals surface area contributed by atoms with E-state index in [9.17, 15) is 14.4 Å². The molecule has 2 fully saturated rings. The maximum absolute atomic E-state index is 12.7. The topological polar surface area (TPSA) is 77.9 Å². The second-order valence-corrected chi connectivity index (χ2v) is 7.41. The van der Waals surface area contributed by atoms with Gasteiger partial charge in [0.1, 0.15) is 6.04 Å². The Balaban J connectivity index is 2.03. The van der Waals surface area contributed by atoms with E-state index < -0.39 is 17.9 Å². The Kier molecular flexibility index (Phi) is 5.36. The van der Waals surface area contributed by atoms with E-state index in [2.05, 4.69) is 0 Å². The highest BCUT2D eigenvalue weighted by Crippen LogP contribution is 2.35. The number of carboxylic acid groups (broad SMARTS) is 1. The Morgan fingerprint density at radius 1 is 1.23 bits per heavy atom. The van der Waals surface area contributed by atoms with Crippen LogP contribution < -0.4 is 0 Å². The van der Waals surface area contributed by atoms with Crippen molar-refractivity contribution in [3.05, 3.63) is 0 Å². The molecule has 2 aliphatic rings. The molecule has 2 amide bonds. The van der Waals surface area contributed by atoms with Gasteiger partial charge in [-0.2, -0.15) is 0 Å². The fraction of sp³-hybridized carbons (Fsp3) is 0.800. The third kappa shape index (κ3) is 3.39. The van der Waals surface area contributed by atoms with Crippen LogP contribution in [-0.2, 0) is 14.4 Å². The fourth-order valence-electron chi connectivity index (χ4n) is 3.02. The zero-order valence-electron chi connectivity index (χ0n) is 13.3. The van der Waals surface area contributed by atoms with Gasteiger partial charge in [0.25, 0.3) is 0 Å². The predicted molar refractivity (Wildman–Crippen MR) is 84.3 cm³/mol. The third-order valence-corrected chi connectivity index (χ3v) is 5.72. The van der Waals surface area contributed by atoms with Crippen molar-refractivity contribution in [2.45, 2.75) is 45.2 Å². The van der Waals surface area contributed by atoms with E-state index in [1.54, 1.807) is 28.6 Å². The summed E-state index contributed by atoms with van der Waals surface area (Å²) in [6.45, 7) is 3.89. The molecular weight excluding hydrogens is 304 g/mol. The molecule has 2 rings (SSSR count). The maximum Gasteiger partial charge on any atom is 0.306 e. The molecule has 6 nitrogen and oxygen atoms in total. The number of carboxylic acids is 1. The van der Waals surface area contributed by atoms with E-state index in [0.29, 0.717) is 30.9 Å². The van der Waals surface area contributed by atoms with E-state index in [-0.39, 0.29) is 23.8 Å². The Hall–Kier alpha value is -1.24. The molecule has 1 saturated heterocycles. The average Bonchev–Trinajstić information content (AvgIpc) is 3.13. The third-order valence-electron chi connectivity index (χ3n) is 4.70. The van der Waals surface area contributed by atoms with Crippen molar-refractivity contribution in [1.29, 1.82) is 0 Å². The molecule has 1 heterocycles. The molecule has 1 N–H and O–H groups in total.